The van der Waals surface area contributed by atoms with Gasteiger partial charge in [-0.3, -0.25) is 0 Å². The number of rotatable bonds is 3. The van der Waals surface area contributed by atoms with Crippen LogP contribution in [0.2, 0.25) is 0 Å². The molecule has 2 rings (SSSR count). The molecule has 8 heteroatoms. The fourth-order valence-electron chi connectivity index (χ4n) is 2.04. The Kier molecular flexibility index (Phi) is 4.46. The van der Waals surface area contributed by atoms with Crippen molar-refractivity contribution < 1.29 is 22.7 Å². The number of piperidine rings is 1. The first-order valence-corrected chi connectivity index (χ1v) is 8.35. The largest absolute Gasteiger partial charge is 0.478 e. The number of carboxylic acids is 1. The molecular formula is C12H13BrFNO4S. The maximum Gasteiger partial charge on any atom is 0.338 e. The van der Waals surface area contributed by atoms with Gasteiger partial charge in [0.1, 0.15) is 5.82 Å². The molecule has 0 spiro atoms. The monoisotopic (exact) mass is 365 g/mol. The van der Waals surface area contributed by atoms with Crippen LogP contribution < -0.4 is 0 Å². The summed E-state index contributed by atoms with van der Waals surface area (Å²) in [5.41, 5.74) is -0.638. The number of carbonyl (C=O) groups is 1. The molecule has 1 aromatic rings. The maximum absolute atomic E-state index is 13.3. The van der Waals surface area contributed by atoms with Crippen LogP contribution in [0.25, 0.3) is 0 Å². The summed E-state index contributed by atoms with van der Waals surface area (Å²) in [6.07, 6.45) is 1.37. The van der Waals surface area contributed by atoms with Crippen molar-refractivity contribution in [3.8, 4) is 0 Å². The number of alkyl halides is 1. The zero-order valence-corrected chi connectivity index (χ0v) is 12.8. The van der Waals surface area contributed by atoms with Gasteiger partial charge in [0.15, 0.2) is 0 Å². The summed E-state index contributed by atoms with van der Waals surface area (Å²) in [6, 6.07) is 2.83. The van der Waals surface area contributed by atoms with Crippen LogP contribution in [-0.4, -0.2) is 41.7 Å². The second-order valence-electron chi connectivity index (χ2n) is 4.53. The Bertz CT molecular complexity index is 626. The van der Waals surface area contributed by atoms with Crippen molar-refractivity contribution >= 4 is 31.9 Å². The van der Waals surface area contributed by atoms with E-state index in [4.69, 9.17) is 5.11 Å². The lowest BCUT2D eigenvalue weighted by atomic mass is 10.2. The van der Waals surface area contributed by atoms with Gasteiger partial charge in [0.2, 0.25) is 10.0 Å². The number of sulfonamides is 1. The number of benzene rings is 1. The van der Waals surface area contributed by atoms with Gasteiger partial charge in [-0.05, 0) is 31.0 Å². The SMILES string of the molecule is O=C(O)c1cc(S(=O)(=O)N2CCC(Br)CC2)ccc1F. The highest BCUT2D eigenvalue weighted by atomic mass is 79.9. The van der Waals surface area contributed by atoms with E-state index in [1.54, 1.807) is 0 Å². The minimum absolute atomic E-state index is 0.190. The van der Waals surface area contributed by atoms with Gasteiger partial charge in [0.25, 0.3) is 0 Å². The van der Waals surface area contributed by atoms with Crippen LogP contribution in [0.1, 0.15) is 23.2 Å². The molecule has 0 atom stereocenters. The normalized spacial score (nSPS) is 18.1. The maximum atomic E-state index is 13.3. The van der Waals surface area contributed by atoms with Crippen LogP contribution in [0.5, 0.6) is 0 Å². The van der Waals surface area contributed by atoms with E-state index in [1.807, 2.05) is 0 Å². The molecule has 0 bridgehead atoms. The summed E-state index contributed by atoms with van der Waals surface area (Å²) >= 11 is 3.43. The molecule has 1 heterocycles. The van der Waals surface area contributed by atoms with Gasteiger partial charge in [-0.15, -0.1) is 0 Å². The fourth-order valence-corrected chi connectivity index (χ4v) is 3.95. The van der Waals surface area contributed by atoms with Gasteiger partial charge in [0, 0.05) is 17.9 Å². The second-order valence-corrected chi connectivity index (χ2v) is 7.76. The molecule has 0 unspecified atom stereocenters. The molecule has 0 saturated carbocycles. The Hall–Kier alpha value is -0.990. The molecule has 1 saturated heterocycles. The molecule has 1 aliphatic heterocycles. The molecule has 1 fully saturated rings. The van der Waals surface area contributed by atoms with E-state index < -0.39 is 27.4 Å². The molecule has 0 radical (unpaired) electrons. The second kappa shape index (κ2) is 5.79. The summed E-state index contributed by atoms with van der Waals surface area (Å²) in [7, 11) is -3.78. The Labute approximate surface area is 124 Å². The average Bonchev–Trinajstić information content (AvgIpc) is 2.39. The number of hydrogen-bond donors (Lipinski definition) is 1. The van der Waals surface area contributed by atoms with Gasteiger partial charge in [-0.25, -0.2) is 17.6 Å². The highest BCUT2D eigenvalue weighted by Gasteiger charge is 2.29. The molecular weight excluding hydrogens is 353 g/mol. The molecule has 1 N–H and O–H groups in total. The van der Waals surface area contributed by atoms with E-state index in [1.165, 1.54) is 4.31 Å². The molecule has 0 amide bonds. The minimum atomic E-state index is -3.78. The summed E-state index contributed by atoms with van der Waals surface area (Å²) in [5.74, 6) is -2.44. The quantitative estimate of drug-likeness (QED) is 0.832. The highest BCUT2D eigenvalue weighted by molar-refractivity contribution is 9.09. The van der Waals surface area contributed by atoms with Crippen LogP contribution in [0.4, 0.5) is 4.39 Å². The van der Waals surface area contributed by atoms with Crippen molar-refractivity contribution in [2.24, 2.45) is 0 Å². The lowest BCUT2D eigenvalue weighted by Gasteiger charge is -2.28. The molecule has 1 aromatic carbocycles. The first-order valence-electron chi connectivity index (χ1n) is 5.99. The van der Waals surface area contributed by atoms with E-state index in [0.29, 0.717) is 25.9 Å². The summed E-state index contributed by atoms with van der Waals surface area (Å²) in [4.78, 5) is 11.0. The van der Waals surface area contributed by atoms with E-state index in [-0.39, 0.29) is 9.72 Å². The first-order chi connectivity index (χ1) is 9.32. The average molecular weight is 366 g/mol. The Balaban J connectivity index is 2.35. The zero-order chi connectivity index (χ0) is 14.9. The van der Waals surface area contributed by atoms with Gasteiger partial charge in [-0.2, -0.15) is 4.31 Å². The third-order valence-corrected chi connectivity index (χ3v) is 6.00. The third kappa shape index (κ3) is 3.02. The molecule has 5 nitrogen and oxygen atoms in total. The standard InChI is InChI=1S/C12H13BrFNO4S/c13-8-3-5-15(6-4-8)20(18,19)9-1-2-11(14)10(7-9)12(16)17/h1-2,7-8H,3-6H2,(H,16,17). The van der Waals surface area contributed by atoms with E-state index in [9.17, 15) is 17.6 Å². The number of carboxylic acid groups (broad SMARTS) is 1. The van der Waals surface area contributed by atoms with E-state index in [2.05, 4.69) is 15.9 Å². The highest BCUT2D eigenvalue weighted by Crippen LogP contribution is 2.25. The van der Waals surface area contributed by atoms with Crippen molar-refractivity contribution in [2.45, 2.75) is 22.6 Å². The summed E-state index contributed by atoms with van der Waals surface area (Å²) < 4.78 is 39.4. The van der Waals surface area contributed by atoms with Gasteiger partial charge in [-0.1, -0.05) is 15.9 Å². The number of nitrogens with zero attached hydrogens (tertiary/aromatic N) is 1. The molecule has 110 valence electrons. The van der Waals surface area contributed by atoms with Gasteiger partial charge >= 0.3 is 5.97 Å². The van der Waals surface area contributed by atoms with Gasteiger partial charge < -0.3 is 5.11 Å². The third-order valence-electron chi connectivity index (χ3n) is 3.19. The Morgan fingerprint density at radius 1 is 1.35 bits per heavy atom. The van der Waals surface area contributed by atoms with Crippen molar-refractivity contribution in [2.75, 3.05) is 13.1 Å². The lowest BCUT2D eigenvalue weighted by Crippen LogP contribution is -2.38. The lowest BCUT2D eigenvalue weighted by molar-refractivity contribution is 0.0691. The van der Waals surface area contributed by atoms with Crippen molar-refractivity contribution in [3.63, 3.8) is 0 Å². The zero-order valence-electron chi connectivity index (χ0n) is 10.4. The predicted octanol–water partition coefficient (Wildman–Crippen LogP) is 2.07. The first kappa shape index (κ1) is 15.4. The number of halogens is 2. The van der Waals surface area contributed by atoms with Crippen LogP contribution >= 0.6 is 15.9 Å². The van der Waals surface area contributed by atoms with Crippen molar-refractivity contribution in [1.82, 2.24) is 4.31 Å². The minimum Gasteiger partial charge on any atom is -0.478 e. The van der Waals surface area contributed by atoms with E-state index in [0.717, 1.165) is 18.2 Å². The van der Waals surface area contributed by atoms with Crippen molar-refractivity contribution in [1.29, 1.82) is 0 Å². The van der Waals surface area contributed by atoms with Crippen LogP contribution in [0.15, 0.2) is 23.1 Å². The predicted molar refractivity (Wildman–Crippen MR) is 74.1 cm³/mol. The number of hydrogen-bond acceptors (Lipinski definition) is 3. The summed E-state index contributed by atoms with van der Waals surface area (Å²) in [5, 5.41) is 8.85. The Morgan fingerprint density at radius 3 is 2.50 bits per heavy atom. The summed E-state index contributed by atoms with van der Waals surface area (Å²) in [6.45, 7) is 0.718. The van der Waals surface area contributed by atoms with Crippen LogP contribution in [0, 0.1) is 5.82 Å². The smallest absolute Gasteiger partial charge is 0.338 e. The topological polar surface area (TPSA) is 74.7 Å². The van der Waals surface area contributed by atoms with Crippen LogP contribution in [0.3, 0.4) is 0 Å². The molecule has 1 aliphatic rings. The van der Waals surface area contributed by atoms with Crippen LogP contribution in [-0.2, 0) is 10.0 Å². The Morgan fingerprint density at radius 2 is 1.95 bits per heavy atom. The van der Waals surface area contributed by atoms with Crippen molar-refractivity contribution in [3.05, 3.63) is 29.6 Å². The molecule has 20 heavy (non-hydrogen) atoms. The van der Waals surface area contributed by atoms with Gasteiger partial charge in [0.05, 0.1) is 10.5 Å². The van der Waals surface area contributed by atoms with E-state index >= 15 is 0 Å². The number of aromatic carboxylic acids is 1. The fraction of sp³-hybridized carbons (Fsp3) is 0.417. The molecule has 0 aliphatic carbocycles. The molecule has 0 aromatic heterocycles.